The highest BCUT2D eigenvalue weighted by atomic mass is 16.5. The van der Waals surface area contributed by atoms with Crippen molar-refractivity contribution in [3.8, 4) is 22.8 Å². The van der Waals surface area contributed by atoms with E-state index in [9.17, 15) is 4.79 Å². The monoisotopic (exact) mass is 356 g/mol. The van der Waals surface area contributed by atoms with Gasteiger partial charge in [-0.15, -0.1) is 0 Å². The van der Waals surface area contributed by atoms with Gasteiger partial charge in [0.1, 0.15) is 0 Å². The molecular formula is C21H16N4O2. The molecule has 3 aromatic carbocycles. The minimum atomic E-state index is -0.323. The summed E-state index contributed by atoms with van der Waals surface area (Å²) in [5, 5.41) is 9.61. The fourth-order valence-corrected chi connectivity index (χ4v) is 2.59. The van der Waals surface area contributed by atoms with Crippen LogP contribution >= 0.6 is 0 Å². The largest absolute Gasteiger partial charge is 0.334 e. The minimum absolute atomic E-state index is 0.323. The van der Waals surface area contributed by atoms with E-state index in [0.29, 0.717) is 17.4 Å². The molecule has 4 aromatic rings. The quantitative estimate of drug-likeness (QED) is 0.536. The molecule has 0 aliphatic carbocycles. The number of hydrogen-bond donors (Lipinski definition) is 2. The average Bonchev–Trinajstić information content (AvgIpc) is 3.20. The summed E-state index contributed by atoms with van der Waals surface area (Å²) in [5.74, 6) is 0.909. The first-order valence-electron chi connectivity index (χ1n) is 8.40. The summed E-state index contributed by atoms with van der Waals surface area (Å²) < 4.78 is 5.34. The second kappa shape index (κ2) is 7.53. The Hall–Kier alpha value is -3.93. The highest BCUT2D eigenvalue weighted by Crippen LogP contribution is 2.24. The van der Waals surface area contributed by atoms with Crippen molar-refractivity contribution in [2.24, 2.45) is 0 Å². The third-order valence-electron chi connectivity index (χ3n) is 3.86. The molecule has 0 spiro atoms. The van der Waals surface area contributed by atoms with E-state index in [1.807, 2.05) is 72.8 Å². The standard InChI is InChI=1S/C21H16N4O2/c26-21(22-17-11-5-2-6-12-17)23-18-13-7-10-16(14-18)19-24-20(27-25-19)15-8-3-1-4-9-15/h1-14H,(H2,22,23,26). The Morgan fingerprint density at radius 2 is 1.37 bits per heavy atom. The molecule has 0 aliphatic rings. The lowest BCUT2D eigenvalue weighted by molar-refractivity contribution is 0.262. The Morgan fingerprint density at radius 1 is 0.741 bits per heavy atom. The van der Waals surface area contributed by atoms with Crippen LogP contribution in [0.2, 0.25) is 0 Å². The van der Waals surface area contributed by atoms with E-state index in [2.05, 4.69) is 20.8 Å². The van der Waals surface area contributed by atoms with E-state index in [4.69, 9.17) is 4.52 Å². The van der Waals surface area contributed by atoms with Gasteiger partial charge in [-0.2, -0.15) is 4.98 Å². The van der Waals surface area contributed by atoms with Gasteiger partial charge in [-0.3, -0.25) is 0 Å². The molecule has 0 saturated carbocycles. The van der Waals surface area contributed by atoms with E-state index in [1.165, 1.54) is 0 Å². The van der Waals surface area contributed by atoms with Gasteiger partial charge >= 0.3 is 6.03 Å². The number of urea groups is 1. The number of para-hydroxylation sites is 1. The number of hydrogen-bond acceptors (Lipinski definition) is 4. The molecule has 2 N–H and O–H groups in total. The fraction of sp³-hybridized carbons (Fsp3) is 0. The first-order valence-corrected chi connectivity index (χ1v) is 8.40. The number of carbonyl (C=O) groups excluding carboxylic acids is 1. The predicted octanol–water partition coefficient (Wildman–Crippen LogP) is 5.05. The number of amides is 2. The second-order valence-electron chi connectivity index (χ2n) is 5.82. The molecular weight excluding hydrogens is 340 g/mol. The topological polar surface area (TPSA) is 80.0 Å². The average molecular weight is 356 g/mol. The first kappa shape index (κ1) is 16.5. The van der Waals surface area contributed by atoms with Crippen LogP contribution < -0.4 is 10.6 Å². The molecule has 27 heavy (non-hydrogen) atoms. The normalized spacial score (nSPS) is 10.4. The van der Waals surface area contributed by atoms with Crippen molar-refractivity contribution in [2.45, 2.75) is 0 Å². The maximum absolute atomic E-state index is 12.1. The Bertz CT molecular complexity index is 1050. The van der Waals surface area contributed by atoms with Gasteiger partial charge in [-0.05, 0) is 36.4 Å². The van der Waals surface area contributed by atoms with Crippen molar-refractivity contribution in [1.29, 1.82) is 0 Å². The molecule has 1 aromatic heterocycles. The first-order chi connectivity index (χ1) is 13.3. The van der Waals surface area contributed by atoms with Crippen LogP contribution in [0.15, 0.2) is 89.5 Å². The Kier molecular flexibility index (Phi) is 4.61. The Morgan fingerprint density at radius 3 is 2.15 bits per heavy atom. The highest BCUT2D eigenvalue weighted by molar-refractivity contribution is 6.00. The zero-order valence-corrected chi connectivity index (χ0v) is 14.3. The molecule has 0 saturated heterocycles. The third-order valence-corrected chi connectivity index (χ3v) is 3.86. The van der Waals surface area contributed by atoms with Crippen molar-refractivity contribution in [3.05, 3.63) is 84.9 Å². The van der Waals surface area contributed by atoms with Gasteiger partial charge in [0.25, 0.3) is 5.89 Å². The summed E-state index contributed by atoms with van der Waals surface area (Å²) >= 11 is 0. The van der Waals surface area contributed by atoms with Gasteiger partial charge in [0, 0.05) is 22.5 Å². The number of benzene rings is 3. The van der Waals surface area contributed by atoms with Crippen LogP contribution in [-0.2, 0) is 0 Å². The van der Waals surface area contributed by atoms with Gasteiger partial charge < -0.3 is 15.2 Å². The van der Waals surface area contributed by atoms with Gasteiger partial charge in [0.2, 0.25) is 5.82 Å². The van der Waals surface area contributed by atoms with Crippen LogP contribution in [0.5, 0.6) is 0 Å². The zero-order valence-electron chi connectivity index (χ0n) is 14.3. The smallest absolute Gasteiger partial charge is 0.323 e. The van der Waals surface area contributed by atoms with Crippen molar-refractivity contribution < 1.29 is 9.32 Å². The van der Waals surface area contributed by atoms with Crippen LogP contribution in [0.4, 0.5) is 16.2 Å². The van der Waals surface area contributed by atoms with E-state index in [0.717, 1.165) is 16.8 Å². The second-order valence-corrected chi connectivity index (χ2v) is 5.82. The third kappa shape index (κ3) is 4.01. The molecule has 0 bridgehead atoms. The fourth-order valence-electron chi connectivity index (χ4n) is 2.59. The van der Waals surface area contributed by atoms with Gasteiger partial charge in [-0.25, -0.2) is 4.79 Å². The van der Waals surface area contributed by atoms with E-state index in [1.54, 1.807) is 12.1 Å². The Labute approximate surface area is 155 Å². The van der Waals surface area contributed by atoms with Gasteiger partial charge in [-0.1, -0.05) is 53.7 Å². The zero-order chi connectivity index (χ0) is 18.5. The molecule has 0 unspecified atom stereocenters. The number of nitrogens with zero attached hydrogens (tertiary/aromatic N) is 2. The molecule has 132 valence electrons. The van der Waals surface area contributed by atoms with Crippen molar-refractivity contribution in [1.82, 2.24) is 10.1 Å². The van der Waals surface area contributed by atoms with E-state index >= 15 is 0 Å². The lowest BCUT2D eigenvalue weighted by Gasteiger charge is -2.08. The summed E-state index contributed by atoms with van der Waals surface area (Å²) in [5.41, 5.74) is 2.95. The Balaban J connectivity index is 1.49. The number of anilines is 2. The summed E-state index contributed by atoms with van der Waals surface area (Å²) in [7, 11) is 0. The highest BCUT2D eigenvalue weighted by Gasteiger charge is 2.11. The van der Waals surface area contributed by atoms with E-state index < -0.39 is 0 Å². The molecule has 4 rings (SSSR count). The molecule has 0 aliphatic heterocycles. The summed E-state index contributed by atoms with van der Waals surface area (Å²) in [6.07, 6.45) is 0. The molecule has 6 heteroatoms. The molecule has 0 radical (unpaired) electrons. The van der Waals surface area contributed by atoms with Gasteiger partial charge in [0.05, 0.1) is 0 Å². The number of carbonyl (C=O) groups is 1. The number of aromatic nitrogens is 2. The van der Waals surface area contributed by atoms with Crippen LogP contribution in [0, 0.1) is 0 Å². The lowest BCUT2D eigenvalue weighted by atomic mass is 10.2. The lowest BCUT2D eigenvalue weighted by Crippen LogP contribution is -2.19. The minimum Gasteiger partial charge on any atom is -0.334 e. The summed E-state index contributed by atoms with van der Waals surface area (Å²) in [4.78, 5) is 16.6. The summed E-state index contributed by atoms with van der Waals surface area (Å²) in [6.45, 7) is 0. The molecule has 0 atom stereocenters. The maximum atomic E-state index is 12.1. The van der Waals surface area contributed by atoms with Crippen LogP contribution in [0.1, 0.15) is 0 Å². The predicted molar refractivity (Wildman–Crippen MR) is 104 cm³/mol. The van der Waals surface area contributed by atoms with Crippen LogP contribution in [0.3, 0.4) is 0 Å². The molecule has 0 fully saturated rings. The van der Waals surface area contributed by atoms with Gasteiger partial charge in [0.15, 0.2) is 0 Å². The number of nitrogens with one attached hydrogen (secondary N) is 2. The SMILES string of the molecule is O=C(Nc1ccccc1)Nc1cccc(-c2noc(-c3ccccc3)n2)c1. The van der Waals surface area contributed by atoms with Crippen LogP contribution in [-0.4, -0.2) is 16.2 Å². The van der Waals surface area contributed by atoms with E-state index in [-0.39, 0.29) is 6.03 Å². The van der Waals surface area contributed by atoms with Crippen molar-refractivity contribution >= 4 is 17.4 Å². The molecule has 6 nitrogen and oxygen atoms in total. The van der Waals surface area contributed by atoms with Crippen molar-refractivity contribution in [2.75, 3.05) is 10.6 Å². The maximum Gasteiger partial charge on any atom is 0.323 e. The summed E-state index contributed by atoms with van der Waals surface area (Å²) in [6, 6.07) is 25.8. The molecule has 2 amide bonds. The van der Waals surface area contributed by atoms with Crippen molar-refractivity contribution in [3.63, 3.8) is 0 Å². The molecule has 1 heterocycles. The van der Waals surface area contributed by atoms with Crippen LogP contribution in [0.25, 0.3) is 22.8 Å². The number of rotatable bonds is 4.